The number of hydrogen-bond acceptors (Lipinski definition) is 6. The van der Waals surface area contributed by atoms with E-state index in [1.54, 1.807) is 7.11 Å². The van der Waals surface area contributed by atoms with Crippen molar-refractivity contribution in [1.82, 2.24) is 14.7 Å². The van der Waals surface area contributed by atoms with Gasteiger partial charge >= 0.3 is 6.18 Å². The summed E-state index contributed by atoms with van der Waals surface area (Å²) < 4.78 is 45.3. The molecule has 1 saturated heterocycles. The van der Waals surface area contributed by atoms with Crippen molar-refractivity contribution in [1.29, 1.82) is 0 Å². The number of alkyl halides is 3. The summed E-state index contributed by atoms with van der Waals surface area (Å²) in [5, 5.41) is 6.13. The normalized spacial score (nSPS) is 25.2. The second kappa shape index (κ2) is 4.75. The van der Waals surface area contributed by atoms with E-state index in [1.807, 2.05) is 0 Å². The van der Waals surface area contributed by atoms with Crippen LogP contribution >= 0.6 is 11.5 Å². The second-order valence-electron chi connectivity index (χ2n) is 3.60. The summed E-state index contributed by atoms with van der Waals surface area (Å²) in [5.74, 6) is -1.11. The van der Waals surface area contributed by atoms with Crippen LogP contribution < -0.4 is 10.6 Å². The Balaban J connectivity index is 2.02. The van der Waals surface area contributed by atoms with Crippen molar-refractivity contribution in [2.24, 2.45) is 0 Å². The minimum absolute atomic E-state index is 0.0757. The molecule has 1 unspecified atom stereocenters. The number of rotatable bonds is 3. The molecule has 1 aliphatic rings. The number of hydrogen-bond donors (Lipinski definition) is 2. The highest BCUT2D eigenvalue weighted by atomic mass is 32.1. The molecule has 2 atom stereocenters. The molecule has 0 spiro atoms. The van der Waals surface area contributed by atoms with Gasteiger partial charge in [-0.15, -0.1) is 0 Å². The van der Waals surface area contributed by atoms with Crippen molar-refractivity contribution >= 4 is 16.7 Å². The Kier molecular flexibility index (Phi) is 3.50. The van der Waals surface area contributed by atoms with Crippen LogP contribution in [0.25, 0.3) is 0 Å². The minimum atomic E-state index is -4.50. The summed E-state index contributed by atoms with van der Waals surface area (Å²) in [6.07, 6.45) is -4.57. The van der Waals surface area contributed by atoms with E-state index in [4.69, 9.17) is 4.74 Å². The van der Waals surface area contributed by atoms with Crippen molar-refractivity contribution in [3.63, 3.8) is 0 Å². The molecule has 2 rings (SSSR count). The summed E-state index contributed by atoms with van der Waals surface area (Å²) in [7, 11) is 1.56. The van der Waals surface area contributed by atoms with Gasteiger partial charge < -0.3 is 15.4 Å². The Morgan fingerprint density at radius 1 is 1.47 bits per heavy atom. The van der Waals surface area contributed by atoms with Crippen LogP contribution in [-0.4, -0.2) is 41.7 Å². The average molecular weight is 268 g/mol. The number of nitrogens with one attached hydrogen (secondary N) is 2. The highest BCUT2D eigenvalue weighted by Gasteiger charge is 2.36. The van der Waals surface area contributed by atoms with Gasteiger partial charge in [0, 0.05) is 31.7 Å². The molecule has 0 saturated carbocycles. The van der Waals surface area contributed by atoms with E-state index in [0.717, 1.165) is 0 Å². The van der Waals surface area contributed by atoms with Gasteiger partial charge in [-0.1, -0.05) is 0 Å². The van der Waals surface area contributed by atoms with Crippen LogP contribution in [-0.2, 0) is 10.9 Å². The third-order valence-electron chi connectivity index (χ3n) is 2.45. The first-order chi connectivity index (χ1) is 8.00. The fourth-order valence-electron chi connectivity index (χ4n) is 1.60. The van der Waals surface area contributed by atoms with E-state index >= 15 is 0 Å². The van der Waals surface area contributed by atoms with Gasteiger partial charge in [0.1, 0.15) is 0 Å². The predicted molar refractivity (Wildman–Crippen MR) is 56.0 cm³/mol. The number of nitrogens with zero attached hydrogens (tertiary/aromatic N) is 2. The molecule has 0 aliphatic carbocycles. The maximum Gasteiger partial charge on any atom is 0.452 e. The Hall–Kier alpha value is -0.930. The van der Waals surface area contributed by atoms with Gasteiger partial charge in [0.15, 0.2) is 0 Å². The molecule has 9 heteroatoms. The van der Waals surface area contributed by atoms with Crippen LogP contribution in [0, 0.1) is 0 Å². The topological polar surface area (TPSA) is 59.1 Å². The lowest BCUT2D eigenvalue weighted by atomic mass is 10.2. The first-order valence-electron chi connectivity index (χ1n) is 4.91. The largest absolute Gasteiger partial charge is 0.452 e. The Bertz CT molecular complexity index is 383. The predicted octanol–water partition coefficient (Wildman–Crippen LogP) is 0.956. The van der Waals surface area contributed by atoms with Crippen molar-refractivity contribution in [2.75, 3.05) is 25.5 Å². The van der Waals surface area contributed by atoms with E-state index in [1.165, 1.54) is 0 Å². The van der Waals surface area contributed by atoms with Gasteiger partial charge in [0.2, 0.25) is 11.0 Å². The molecule has 1 aliphatic heterocycles. The molecule has 2 N–H and O–H groups in total. The number of halogens is 3. The number of ether oxygens (including phenoxy) is 1. The smallest absolute Gasteiger partial charge is 0.378 e. The lowest BCUT2D eigenvalue weighted by molar-refractivity contribution is -0.144. The van der Waals surface area contributed by atoms with Crippen LogP contribution in [0.2, 0.25) is 0 Å². The van der Waals surface area contributed by atoms with Crippen LogP contribution in [0.3, 0.4) is 0 Å². The van der Waals surface area contributed by atoms with Gasteiger partial charge in [0.05, 0.1) is 12.1 Å². The van der Waals surface area contributed by atoms with Gasteiger partial charge in [-0.25, -0.2) is 0 Å². The lowest BCUT2D eigenvalue weighted by Gasteiger charge is -2.17. The average Bonchev–Trinajstić information content (AvgIpc) is 2.86. The highest BCUT2D eigenvalue weighted by Crippen LogP contribution is 2.29. The Morgan fingerprint density at radius 3 is 2.82 bits per heavy atom. The molecule has 0 aromatic carbocycles. The molecule has 0 radical (unpaired) electrons. The van der Waals surface area contributed by atoms with Crippen molar-refractivity contribution < 1.29 is 17.9 Å². The Labute approximate surface area is 99.5 Å². The SMILES string of the molecule is CO[C@H]1CNCC1Nc1nc(C(F)(F)F)ns1. The summed E-state index contributed by atoms with van der Waals surface area (Å²) in [6, 6.07) is -0.0889. The van der Waals surface area contributed by atoms with Crippen LogP contribution in [0.4, 0.5) is 18.3 Å². The van der Waals surface area contributed by atoms with E-state index in [0.29, 0.717) is 24.6 Å². The summed E-state index contributed by atoms with van der Waals surface area (Å²) in [6.45, 7) is 1.29. The van der Waals surface area contributed by atoms with Crippen LogP contribution in [0.15, 0.2) is 0 Å². The molecule has 5 nitrogen and oxygen atoms in total. The maximum absolute atomic E-state index is 12.3. The first kappa shape index (κ1) is 12.5. The third kappa shape index (κ3) is 2.85. The van der Waals surface area contributed by atoms with Gasteiger partial charge in [-0.05, 0) is 0 Å². The zero-order valence-corrected chi connectivity index (χ0v) is 9.73. The van der Waals surface area contributed by atoms with Gasteiger partial charge in [-0.3, -0.25) is 0 Å². The second-order valence-corrected chi connectivity index (χ2v) is 4.36. The summed E-state index contributed by atoms with van der Waals surface area (Å²) in [4.78, 5) is 3.40. The number of methoxy groups -OCH3 is 1. The molecule has 1 aromatic rings. The lowest BCUT2D eigenvalue weighted by Crippen LogP contribution is -2.33. The van der Waals surface area contributed by atoms with Crippen molar-refractivity contribution in [3.05, 3.63) is 5.82 Å². The molecular formula is C8H11F3N4OS. The maximum atomic E-state index is 12.3. The van der Waals surface area contributed by atoms with Crippen LogP contribution in [0.1, 0.15) is 5.82 Å². The Morgan fingerprint density at radius 2 is 2.24 bits per heavy atom. The minimum Gasteiger partial charge on any atom is -0.378 e. The fraction of sp³-hybridized carbons (Fsp3) is 0.750. The standard InChI is InChI=1S/C8H11F3N4OS/c1-16-5-3-12-2-4(5)13-7-14-6(15-17-7)8(9,10)11/h4-5,12H,2-3H2,1H3,(H,13,14,15)/t4?,5-/m0/s1. The zero-order chi connectivity index (χ0) is 12.5. The number of aromatic nitrogens is 2. The third-order valence-corrected chi connectivity index (χ3v) is 3.10. The van der Waals surface area contributed by atoms with E-state index in [2.05, 4.69) is 20.0 Å². The molecule has 1 fully saturated rings. The van der Waals surface area contributed by atoms with E-state index in [-0.39, 0.29) is 17.3 Å². The van der Waals surface area contributed by atoms with Gasteiger partial charge in [0.25, 0.3) is 0 Å². The highest BCUT2D eigenvalue weighted by molar-refractivity contribution is 7.09. The summed E-state index contributed by atoms with van der Waals surface area (Å²) in [5.41, 5.74) is 0. The van der Waals surface area contributed by atoms with Crippen molar-refractivity contribution in [3.8, 4) is 0 Å². The van der Waals surface area contributed by atoms with Crippen LogP contribution in [0.5, 0.6) is 0 Å². The molecule has 96 valence electrons. The molecular weight excluding hydrogens is 257 g/mol. The molecule has 0 bridgehead atoms. The van der Waals surface area contributed by atoms with Crippen molar-refractivity contribution in [2.45, 2.75) is 18.3 Å². The van der Waals surface area contributed by atoms with Gasteiger partial charge in [-0.2, -0.15) is 22.5 Å². The monoisotopic (exact) mass is 268 g/mol. The van der Waals surface area contributed by atoms with E-state index in [9.17, 15) is 13.2 Å². The molecule has 1 aromatic heterocycles. The quantitative estimate of drug-likeness (QED) is 0.855. The molecule has 2 heterocycles. The number of anilines is 1. The van der Waals surface area contributed by atoms with E-state index < -0.39 is 12.0 Å². The molecule has 0 amide bonds. The zero-order valence-electron chi connectivity index (χ0n) is 8.91. The molecule has 17 heavy (non-hydrogen) atoms. The summed E-state index contributed by atoms with van der Waals surface area (Å²) >= 11 is 0.700. The first-order valence-corrected chi connectivity index (χ1v) is 5.69. The fourth-order valence-corrected chi connectivity index (χ4v) is 2.25.